The van der Waals surface area contributed by atoms with E-state index in [0.29, 0.717) is 12.1 Å². The Morgan fingerprint density at radius 3 is 2.82 bits per heavy atom. The van der Waals surface area contributed by atoms with Crippen LogP contribution in [-0.2, 0) is 4.74 Å². The number of halogens is 1. The van der Waals surface area contributed by atoms with E-state index in [9.17, 15) is 0 Å². The number of piperidine rings is 1. The lowest BCUT2D eigenvalue weighted by Crippen LogP contribution is -2.54. The van der Waals surface area contributed by atoms with E-state index < -0.39 is 0 Å². The molecule has 3 nitrogen and oxygen atoms in total. The molecule has 0 spiro atoms. The molecule has 0 radical (unpaired) electrons. The summed E-state index contributed by atoms with van der Waals surface area (Å²) < 4.78 is 5.42. The lowest BCUT2D eigenvalue weighted by molar-refractivity contribution is 0.0426. The van der Waals surface area contributed by atoms with Gasteiger partial charge in [0, 0.05) is 30.9 Å². The Bertz CT molecular complexity index is 315. The van der Waals surface area contributed by atoms with Crippen LogP contribution in [0.15, 0.2) is 11.8 Å². The van der Waals surface area contributed by atoms with Crippen LogP contribution in [0.3, 0.4) is 0 Å². The van der Waals surface area contributed by atoms with Crippen molar-refractivity contribution in [1.29, 1.82) is 0 Å². The van der Waals surface area contributed by atoms with Crippen LogP contribution < -0.4 is 0 Å². The van der Waals surface area contributed by atoms with Crippen LogP contribution in [0, 0.1) is 0 Å². The van der Waals surface area contributed by atoms with Crippen molar-refractivity contribution in [2.24, 2.45) is 0 Å². The Morgan fingerprint density at radius 2 is 2.06 bits per heavy atom. The zero-order valence-corrected chi connectivity index (χ0v) is 11.2. The van der Waals surface area contributed by atoms with Gasteiger partial charge in [0.25, 0.3) is 0 Å². The lowest BCUT2D eigenvalue weighted by Gasteiger charge is -2.48. The summed E-state index contributed by atoms with van der Waals surface area (Å²) in [5.41, 5.74) is 1.36. The van der Waals surface area contributed by atoms with Gasteiger partial charge >= 0.3 is 0 Å². The van der Waals surface area contributed by atoms with Gasteiger partial charge in [0.1, 0.15) is 0 Å². The fourth-order valence-corrected chi connectivity index (χ4v) is 3.85. The van der Waals surface area contributed by atoms with Crippen molar-refractivity contribution in [2.45, 2.75) is 36.7 Å². The highest BCUT2D eigenvalue weighted by molar-refractivity contribution is 6.23. The van der Waals surface area contributed by atoms with Gasteiger partial charge in [-0.15, -0.1) is 11.6 Å². The molecule has 0 N–H and O–H groups in total. The lowest BCUT2D eigenvalue weighted by atomic mass is 9.87. The highest BCUT2D eigenvalue weighted by Gasteiger charge is 2.39. The van der Waals surface area contributed by atoms with Crippen LogP contribution >= 0.6 is 11.6 Å². The molecule has 0 aromatic carbocycles. The Balaban J connectivity index is 1.83. The summed E-state index contributed by atoms with van der Waals surface area (Å²) in [6.45, 7) is 3.68. The summed E-state index contributed by atoms with van der Waals surface area (Å²) in [7, 11) is 2.22. The van der Waals surface area contributed by atoms with Crippen LogP contribution in [0.25, 0.3) is 0 Å². The minimum absolute atomic E-state index is 0.162. The number of ether oxygens (including phenoxy) is 1. The van der Waals surface area contributed by atoms with E-state index in [1.54, 1.807) is 0 Å². The van der Waals surface area contributed by atoms with Crippen LogP contribution in [0.1, 0.15) is 19.3 Å². The molecule has 3 rings (SSSR count). The van der Waals surface area contributed by atoms with Gasteiger partial charge in [-0.1, -0.05) is 0 Å². The maximum Gasteiger partial charge on any atom is 0.0886 e. The standard InChI is InChI=1S/C13H21ClN2O/c1-15-10-3-2-4-11(15)13(14)12(9-10)16-5-7-17-8-6-16/h9-11,13H,2-8H2,1H3/t10-,11+,13+/m0/s1. The topological polar surface area (TPSA) is 15.7 Å². The Morgan fingerprint density at radius 1 is 1.29 bits per heavy atom. The molecule has 2 saturated heterocycles. The van der Waals surface area contributed by atoms with Crippen LogP contribution in [0.2, 0.25) is 0 Å². The largest absolute Gasteiger partial charge is 0.378 e. The molecule has 3 heterocycles. The second kappa shape index (κ2) is 4.79. The fraction of sp³-hybridized carbons (Fsp3) is 0.846. The molecule has 0 aliphatic carbocycles. The van der Waals surface area contributed by atoms with Crippen molar-refractivity contribution < 1.29 is 4.74 Å². The van der Waals surface area contributed by atoms with Gasteiger partial charge in [-0.3, -0.25) is 4.90 Å². The molecule has 17 heavy (non-hydrogen) atoms. The normalized spacial score (nSPS) is 39.1. The van der Waals surface area contributed by atoms with Crippen molar-refractivity contribution in [1.82, 2.24) is 9.80 Å². The molecule has 0 aromatic rings. The first-order valence-electron chi connectivity index (χ1n) is 6.68. The predicted molar refractivity (Wildman–Crippen MR) is 69.3 cm³/mol. The number of fused-ring (bicyclic) bond motifs is 2. The monoisotopic (exact) mass is 256 g/mol. The van der Waals surface area contributed by atoms with Crippen molar-refractivity contribution in [3.63, 3.8) is 0 Å². The number of rotatable bonds is 1. The van der Waals surface area contributed by atoms with E-state index in [1.807, 2.05) is 0 Å². The average molecular weight is 257 g/mol. The van der Waals surface area contributed by atoms with Crippen LogP contribution in [0.4, 0.5) is 0 Å². The number of hydrogen-bond donors (Lipinski definition) is 0. The number of morpholine rings is 1. The second-order valence-electron chi connectivity index (χ2n) is 5.32. The number of hydrogen-bond acceptors (Lipinski definition) is 3. The summed E-state index contributed by atoms with van der Waals surface area (Å²) in [6, 6.07) is 1.12. The first kappa shape index (κ1) is 11.8. The van der Waals surface area contributed by atoms with Crippen LogP contribution in [-0.4, -0.2) is 60.6 Å². The Labute approximate surface area is 108 Å². The zero-order valence-electron chi connectivity index (χ0n) is 10.4. The minimum atomic E-state index is 0.162. The summed E-state index contributed by atoms with van der Waals surface area (Å²) in [4.78, 5) is 4.89. The summed E-state index contributed by atoms with van der Waals surface area (Å²) >= 11 is 6.68. The quantitative estimate of drug-likeness (QED) is 0.664. The van der Waals surface area contributed by atoms with Crippen molar-refractivity contribution in [3.8, 4) is 0 Å². The van der Waals surface area contributed by atoms with E-state index in [1.165, 1.54) is 25.0 Å². The summed E-state index contributed by atoms with van der Waals surface area (Å²) in [6.07, 6.45) is 6.24. The maximum absolute atomic E-state index is 6.68. The first-order valence-corrected chi connectivity index (χ1v) is 7.11. The van der Waals surface area contributed by atoms with Gasteiger partial charge in [0.05, 0.1) is 18.6 Å². The highest BCUT2D eigenvalue weighted by Crippen LogP contribution is 2.36. The molecule has 3 aliphatic rings. The smallest absolute Gasteiger partial charge is 0.0886 e. The third kappa shape index (κ3) is 2.09. The molecule has 4 heteroatoms. The zero-order chi connectivity index (χ0) is 11.8. The minimum Gasteiger partial charge on any atom is -0.378 e. The first-order chi connectivity index (χ1) is 8.27. The highest BCUT2D eigenvalue weighted by atomic mass is 35.5. The van der Waals surface area contributed by atoms with E-state index in [-0.39, 0.29) is 5.38 Å². The third-order valence-corrected chi connectivity index (χ3v) is 4.92. The van der Waals surface area contributed by atoms with Gasteiger partial charge in [-0.25, -0.2) is 0 Å². The van der Waals surface area contributed by atoms with Crippen molar-refractivity contribution in [3.05, 3.63) is 11.8 Å². The van der Waals surface area contributed by atoms with E-state index >= 15 is 0 Å². The molecule has 2 fully saturated rings. The number of nitrogens with zero attached hydrogens (tertiary/aromatic N) is 2. The molecule has 0 amide bonds. The number of alkyl halides is 1. The van der Waals surface area contributed by atoms with E-state index in [4.69, 9.17) is 16.3 Å². The van der Waals surface area contributed by atoms with Crippen molar-refractivity contribution >= 4 is 11.6 Å². The van der Waals surface area contributed by atoms with Gasteiger partial charge in [-0.2, -0.15) is 0 Å². The van der Waals surface area contributed by atoms with Gasteiger partial charge in [0.2, 0.25) is 0 Å². The van der Waals surface area contributed by atoms with Crippen molar-refractivity contribution in [2.75, 3.05) is 33.4 Å². The Hall–Kier alpha value is -0.250. The summed E-state index contributed by atoms with van der Waals surface area (Å²) in [5, 5.41) is 0.162. The molecule has 0 aromatic heterocycles. The molecule has 96 valence electrons. The van der Waals surface area contributed by atoms with Crippen LogP contribution in [0.5, 0.6) is 0 Å². The SMILES string of the molecule is CN1[C@@H]2C=C(N3CCOCC3)[C@H](Cl)[C@H]1CCC2. The number of likely N-dealkylation sites (N-methyl/N-ethyl adjacent to an activating group) is 1. The Kier molecular flexibility index (Phi) is 3.33. The molecule has 3 atom stereocenters. The predicted octanol–water partition coefficient (Wildman–Crippen LogP) is 1.68. The van der Waals surface area contributed by atoms with Gasteiger partial charge < -0.3 is 9.64 Å². The molecule has 0 unspecified atom stereocenters. The maximum atomic E-state index is 6.68. The molecule has 0 saturated carbocycles. The van der Waals surface area contributed by atoms with E-state index in [0.717, 1.165) is 26.3 Å². The fourth-order valence-electron chi connectivity index (χ4n) is 3.33. The van der Waals surface area contributed by atoms with E-state index in [2.05, 4.69) is 22.9 Å². The third-order valence-electron chi connectivity index (χ3n) is 4.41. The summed E-state index contributed by atoms with van der Waals surface area (Å²) in [5.74, 6) is 0. The van der Waals surface area contributed by atoms with Gasteiger partial charge in [0.15, 0.2) is 0 Å². The molecular formula is C13H21ClN2O. The molecular weight excluding hydrogens is 236 g/mol. The molecule has 3 aliphatic heterocycles. The van der Waals surface area contributed by atoms with Gasteiger partial charge in [-0.05, 0) is 32.4 Å². The average Bonchev–Trinajstić information content (AvgIpc) is 2.35. The molecule has 2 bridgehead atoms. The second-order valence-corrected chi connectivity index (χ2v) is 5.79.